The van der Waals surface area contributed by atoms with Crippen molar-refractivity contribution in [2.24, 2.45) is 0 Å². The van der Waals surface area contributed by atoms with Crippen LogP contribution < -0.4 is 16.0 Å². The molecule has 0 spiro atoms. The first kappa shape index (κ1) is 22.7. The average molecular weight is 512 g/mol. The predicted octanol–water partition coefficient (Wildman–Crippen LogP) is 5.41. The highest BCUT2D eigenvalue weighted by atomic mass is 79.9. The number of anilines is 2. The highest BCUT2D eigenvalue weighted by molar-refractivity contribution is 9.10. The second kappa shape index (κ2) is 10.9. The van der Waals surface area contributed by atoms with Gasteiger partial charge in [0.1, 0.15) is 5.00 Å². The van der Waals surface area contributed by atoms with Gasteiger partial charge in [-0.25, -0.2) is 0 Å². The highest BCUT2D eigenvalue weighted by Gasteiger charge is 2.26. The molecular weight excluding hydrogens is 486 g/mol. The summed E-state index contributed by atoms with van der Waals surface area (Å²) in [5.74, 6) is -0.298. The van der Waals surface area contributed by atoms with Crippen LogP contribution in [0.15, 0.2) is 59.1 Å². The fraction of sp³-hybridized carbons (Fsp3) is 0.280. The first-order chi connectivity index (χ1) is 15.6. The van der Waals surface area contributed by atoms with Crippen molar-refractivity contribution in [1.82, 2.24) is 5.32 Å². The third-order valence-corrected chi connectivity index (χ3v) is 7.21. The number of carbonyl (C=O) groups is 2. The van der Waals surface area contributed by atoms with Crippen molar-refractivity contribution in [3.05, 3.63) is 80.6 Å². The largest absolute Gasteiger partial charge is 0.322 e. The van der Waals surface area contributed by atoms with Crippen LogP contribution in [0.2, 0.25) is 0 Å². The van der Waals surface area contributed by atoms with Crippen LogP contribution in [0.25, 0.3) is 0 Å². The molecule has 1 heterocycles. The molecule has 2 amide bonds. The number of carbonyl (C=O) groups excluding carboxylic acids is 2. The molecule has 32 heavy (non-hydrogen) atoms. The Kier molecular flexibility index (Phi) is 7.73. The molecule has 4 rings (SSSR count). The Morgan fingerprint density at radius 1 is 0.938 bits per heavy atom. The van der Waals surface area contributed by atoms with Crippen LogP contribution in [0.1, 0.15) is 39.2 Å². The average Bonchev–Trinajstić information content (AvgIpc) is 3.17. The van der Waals surface area contributed by atoms with E-state index in [1.807, 2.05) is 42.5 Å². The van der Waals surface area contributed by atoms with E-state index in [-0.39, 0.29) is 18.4 Å². The Morgan fingerprint density at radius 3 is 2.47 bits per heavy atom. The van der Waals surface area contributed by atoms with Gasteiger partial charge < -0.3 is 16.0 Å². The van der Waals surface area contributed by atoms with Crippen LogP contribution in [-0.4, -0.2) is 24.9 Å². The summed E-state index contributed by atoms with van der Waals surface area (Å²) in [6.07, 6.45) is 4.89. The minimum absolute atomic E-state index is 0.130. The molecule has 0 saturated heterocycles. The van der Waals surface area contributed by atoms with Gasteiger partial charge in [-0.1, -0.05) is 46.3 Å². The predicted molar refractivity (Wildman–Crippen MR) is 135 cm³/mol. The van der Waals surface area contributed by atoms with E-state index in [1.165, 1.54) is 21.8 Å². The maximum atomic E-state index is 13.2. The number of amides is 2. The van der Waals surface area contributed by atoms with E-state index in [9.17, 15) is 9.59 Å². The molecule has 0 bridgehead atoms. The van der Waals surface area contributed by atoms with Crippen molar-refractivity contribution in [1.29, 1.82) is 0 Å². The fourth-order valence-corrected chi connectivity index (χ4v) is 5.44. The number of fused-ring (bicyclic) bond motifs is 1. The Balaban J connectivity index is 1.41. The summed E-state index contributed by atoms with van der Waals surface area (Å²) >= 11 is 4.95. The normalized spacial score (nSPS) is 12.8. The zero-order chi connectivity index (χ0) is 22.3. The quantitative estimate of drug-likeness (QED) is 0.354. The number of halogens is 1. The molecular formula is C25H26BrN3O2S. The standard InChI is InChI=1S/C25H26BrN3O2S/c26-18-10-12-19(13-11-18)28-24(31)23-20-8-4-5-9-21(20)32-25(23)29-22(30)16-27-15-14-17-6-2-1-3-7-17/h1-3,6-7,10-13,27H,4-5,8-9,14-16H2,(H,28,31)(H,29,30). The Morgan fingerprint density at radius 2 is 1.69 bits per heavy atom. The summed E-state index contributed by atoms with van der Waals surface area (Å²) in [5, 5.41) is 9.83. The van der Waals surface area contributed by atoms with Crippen LogP contribution in [0.4, 0.5) is 10.7 Å². The van der Waals surface area contributed by atoms with Crippen molar-refractivity contribution >= 4 is 49.8 Å². The SMILES string of the molecule is O=C(CNCCc1ccccc1)Nc1sc2c(c1C(=O)Nc1ccc(Br)cc1)CCCC2. The maximum Gasteiger partial charge on any atom is 0.258 e. The van der Waals surface area contributed by atoms with Gasteiger partial charge in [0.2, 0.25) is 5.91 Å². The lowest BCUT2D eigenvalue weighted by atomic mass is 9.95. The number of rotatable bonds is 8. The molecule has 0 unspecified atom stereocenters. The molecule has 1 aliphatic rings. The third kappa shape index (κ3) is 5.85. The van der Waals surface area contributed by atoms with Gasteiger partial charge in [-0.05, 0) is 74.0 Å². The van der Waals surface area contributed by atoms with Crippen molar-refractivity contribution < 1.29 is 9.59 Å². The van der Waals surface area contributed by atoms with Gasteiger partial charge in [-0.15, -0.1) is 11.3 Å². The number of benzene rings is 2. The molecule has 0 radical (unpaired) electrons. The van der Waals surface area contributed by atoms with E-state index in [1.54, 1.807) is 0 Å². The van der Waals surface area contributed by atoms with Crippen molar-refractivity contribution in [3.63, 3.8) is 0 Å². The highest BCUT2D eigenvalue weighted by Crippen LogP contribution is 2.38. The Hall–Kier alpha value is -2.48. The van der Waals surface area contributed by atoms with Gasteiger partial charge in [0.05, 0.1) is 12.1 Å². The lowest BCUT2D eigenvalue weighted by Gasteiger charge is -2.13. The lowest BCUT2D eigenvalue weighted by molar-refractivity contribution is -0.115. The summed E-state index contributed by atoms with van der Waals surface area (Å²) in [7, 11) is 0. The minimum Gasteiger partial charge on any atom is -0.322 e. The summed E-state index contributed by atoms with van der Waals surface area (Å²) in [6, 6.07) is 17.7. The van der Waals surface area contributed by atoms with Crippen LogP contribution in [0.5, 0.6) is 0 Å². The molecule has 1 aliphatic carbocycles. The molecule has 166 valence electrons. The minimum atomic E-state index is -0.168. The molecule has 2 aromatic carbocycles. The lowest BCUT2D eigenvalue weighted by Crippen LogP contribution is -2.30. The zero-order valence-electron chi connectivity index (χ0n) is 17.7. The topological polar surface area (TPSA) is 70.2 Å². The summed E-state index contributed by atoms with van der Waals surface area (Å²) in [4.78, 5) is 27.0. The summed E-state index contributed by atoms with van der Waals surface area (Å²) in [6.45, 7) is 0.929. The van der Waals surface area contributed by atoms with E-state index in [4.69, 9.17) is 0 Å². The molecule has 5 nitrogen and oxygen atoms in total. The van der Waals surface area contributed by atoms with E-state index >= 15 is 0 Å². The number of hydrogen-bond donors (Lipinski definition) is 3. The van der Waals surface area contributed by atoms with Gasteiger partial charge in [0, 0.05) is 15.0 Å². The number of aryl methyl sites for hydroxylation is 1. The van der Waals surface area contributed by atoms with Crippen LogP contribution in [0, 0.1) is 0 Å². The molecule has 3 N–H and O–H groups in total. The molecule has 0 aliphatic heterocycles. The maximum absolute atomic E-state index is 13.2. The molecule has 1 aromatic heterocycles. The smallest absolute Gasteiger partial charge is 0.258 e. The van der Waals surface area contributed by atoms with Crippen LogP contribution in [0.3, 0.4) is 0 Å². The van der Waals surface area contributed by atoms with Crippen molar-refractivity contribution in [2.75, 3.05) is 23.7 Å². The zero-order valence-corrected chi connectivity index (χ0v) is 20.2. The van der Waals surface area contributed by atoms with Gasteiger partial charge >= 0.3 is 0 Å². The molecule has 0 atom stereocenters. The summed E-state index contributed by atoms with van der Waals surface area (Å²) in [5.41, 5.74) is 3.67. The van der Waals surface area contributed by atoms with Gasteiger partial charge in [-0.3, -0.25) is 9.59 Å². The Labute approximate surface area is 200 Å². The van der Waals surface area contributed by atoms with Crippen LogP contribution in [-0.2, 0) is 24.1 Å². The fourth-order valence-electron chi connectivity index (χ4n) is 3.87. The van der Waals surface area contributed by atoms with Crippen LogP contribution >= 0.6 is 27.3 Å². The monoisotopic (exact) mass is 511 g/mol. The molecule has 7 heteroatoms. The molecule has 0 saturated carbocycles. The first-order valence-corrected chi connectivity index (χ1v) is 12.5. The van der Waals surface area contributed by atoms with Gasteiger partial charge in [0.15, 0.2) is 0 Å². The third-order valence-electron chi connectivity index (χ3n) is 5.47. The van der Waals surface area contributed by atoms with Gasteiger partial charge in [-0.2, -0.15) is 0 Å². The van der Waals surface area contributed by atoms with E-state index in [0.717, 1.165) is 54.4 Å². The number of hydrogen-bond acceptors (Lipinski definition) is 4. The van der Waals surface area contributed by atoms with E-state index in [2.05, 4.69) is 44.0 Å². The molecule has 3 aromatic rings. The Bertz CT molecular complexity index is 1080. The second-order valence-electron chi connectivity index (χ2n) is 7.84. The molecule has 0 fully saturated rings. The van der Waals surface area contributed by atoms with Gasteiger partial charge in [0.25, 0.3) is 5.91 Å². The second-order valence-corrected chi connectivity index (χ2v) is 9.86. The van der Waals surface area contributed by atoms with Crippen molar-refractivity contribution in [3.8, 4) is 0 Å². The van der Waals surface area contributed by atoms with E-state index in [0.29, 0.717) is 10.6 Å². The number of thiophene rings is 1. The van der Waals surface area contributed by atoms with Crippen molar-refractivity contribution in [2.45, 2.75) is 32.1 Å². The number of nitrogens with one attached hydrogen (secondary N) is 3. The van der Waals surface area contributed by atoms with E-state index < -0.39 is 0 Å². The first-order valence-electron chi connectivity index (χ1n) is 10.9. The summed E-state index contributed by atoms with van der Waals surface area (Å²) < 4.78 is 0.955.